The van der Waals surface area contributed by atoms with Crippen molar-refractivity contribution in [3.8, 4) is 5.75 Å². The lowest BCUT2D eigenvalue weighted by Gasteiger charge is -2.21. The van der Waals surface area contributed by atoms with Gasteiger partial charge in [0.2, 0.25) is 0 Å². The van der Waals surface area contributed by atoms with Crippen molar-refractivity contribution in [1.29, 1.82) is 0 Å². The van der Waals surface area contributed by atoms with Crippen molar-refractivity contribution in [3.05, 3.63) is 52.3 Å². The molecule has 0 fully saturated rings. The summed E-state index contributed by atoms with van der Waals surface area (Å²) in [6.45, 7) is 1.21. The molecule has 1 amide bonds. The average Bonchev–Trinajstić information content (AvgIpc) is 2.50. The summed E-state index contributed by atoms with van der Waals surface area (Å²) in [5, 5.41) is 5.84. The minimum atomic E-state index is -0.430. The van der Waals surface area contributed by atoms with Gasteiger partial charge < -0.3 is 15.4 Å². The summed E-state index contributed by atoms with van der Waals surface area (Å²) in [5.74, 6) is -0.239. The maximum Gasteiger partial charge on any atom is 0.259 e. The van der Waals surface area contributed by atoms with E-state index in [4.69, 9.17) is 4.74 Å². The number of carbonyl (C=O) groups is 1. The molecule has 0 saturated carbocycles. The summed E-state index contributed by atoms with van der Waals surface area (Å²) in [7, 11) is 0. The van der Waals surface area contributed by atoms with Crippen LogP contribution in [0.3, 0.4) is 0 Å². The van der Waals surface area contributed by atoms with Crippen molar-refractivity contribution in [2.75, 3.05) is 23.8 Å². The molecule has 3 rings (SSSR count). The van der Waals surface area contributed by atoms with Crippen LogP contribution in [0.15, 0.2) is 40.9 Å². The maximum absolute atomic E-state index is 13.5. The minimum absolute atomic E-state index is 0.336. The second-order valence-corrected chi connectivity index (χ2v) is 5.39. The van der Waals surface area contributed by atoms with Gasteiger partial charge in [0.1, 0.15) is 12.4 Å². The van der Waals surface area contributed by atoms with Crippen LogP contribution in [0.2, 0.25) is 0 Å². The zero-order valence-corrected chi connectivity index (χ0v) is 12.5. The first kappa shape index (κ1) is 13.9. The molecule has 4 nitrogen and oxygen atoms in total. The number of rotatable bonds is 2. The molecule has 21 heavy (non-hydrogen) atoms. The highest BCUT2D eigenvalue weighted by atomic mass is 79.9. The predicted molar refractivity (Wildman–Crippen MR) is 82.5 cm³/mol. The first-order chi connectivity index (χ1) is 10.1. The first-order valence-corrected chi connectivity index (χ1v) is 7.20. The van der Waals surface area contributed by atoms with Crippen LogP contribution in [0, 0.1) is 5.82 Å². The summed E-state index contributed by atoms with van der Waals surface area (Å²) in [4.78, 5) is 12.3. The molecule has 0 saturated heterocycles. The molecule has 1 aliphatic heterocycles. The van der Waals surface area contributed by atoms with Gasteiger partial charge in [-0.25, -0.2) is 4.39 Å². The highest BCUT2D eigenvalue weighted by Crippen LogP contribution is 2.31. The molecule has 2 N–H and O–H groups in total. The summed E-state index contributed by atoms with van der Waals surface area (Å²) >= 11 is 3.07. The van der Waals surface area contributed by atoms with Crippen molar-refractivity contribution in [2.24, 2.45) is 0 Å². The Kier molecular flexibility index (Phi) is 3.79. The summed E-state index contributed by atoms with van der Waals surface area (Å²) < 4.78 is 19.4. The SMILES string of the molecule is O=C(Nc1ccc(Br)c(F)c1)c1cccc2c1OCCN2. The maximum atomic E-state index is 13.5. The van der Waals surface area contributed by atoms with Gasteiger partial charge in [0.05, 0.1) is 15.7 Å². The highest BCUT2D eigenvalue weighted by molar-refractivity contribution is 9.10. The number of benzene rings is 2. The third-order valence-electron chi connectivity index (χ3n) is 3.10. The molecular formula is C15H12BrFN2O2. The summed E-state index contributed by atoms with van der Waals surface area (Å²) in [6, 6.07) is 9.73. The summed E-state index contributed by atoms with van der Waals surface area (Å²) in [6.07, 6.45) is 0. The number of hydrogen-bond acceptors (Lipinski definition) is 3. The largest absolute Gasteiger partial charge is 0.489 e. The quantitative estimate of drug-likeness (QED) is 0.869. The standard InChI is InChI=1S/C15H12BrFN2O2/c16-11-5-4-9(8-12(11)17)19-15(20)10-2-1-3-13-14(10)21-7-6-18-13/h1-5,8,18H,6-7H2,(H,19,20). The molecule has 0 radical (unpaired) electrons. The van der Waals surface area contributed by atoms with Crippen molar-refractivity contribution in [1.82, 2.24) is 0 Å². The Morgan fingerprint density at radius 1 is 1.33 bits per heavy atom. The van der Waals surface area contributed by atoms with Crippen LogP contribution in [0.25, 0.3) is 0 Å². The number of amides is 1. The molecule has 1 aliphatic rings. The number of anilines is 2. The highest BCUT2D eigenvalue weighted by Gasteiger charge is 2.19. The molecule has 2 aromatic carbocycles. The molecule has 0 aliphatic carbocycles. The Morgan fingerprint density at radius 2 is 2.19 bits per heavy atom. The Labute approximate surface area is 129 Å². The first-order valence-electron chi connectivity index (χ1n) is 6.41. The number of nitrogens with one attached hydrogen (secondary N) is 2. The number of carbonyl (C=O) groups excluding carboxylic acids is 1. The van der Waals surface area contributed by atoms with E-state index < -0.39 is 5.82 Å². The number of fused-ring (bicyclic) bond motifs is 1. The molecule has 0 atom stereocenters. The Bertz CT molecular complexity index is 706. The summed E-state index contributed by atoms with van der Waals surface area (Å²) in [5.41, 5.74) is 1.60. The van der Waals surface area contributed by atoms with Crippen molar-refractivity contribution >= 4 is 33.2 Å². The van der Waals surface area contributed by atoms with Crippen LogP contribution < -0.4 is 15.4 Å². The molecule has 0 spiro atoms. The molecular weight excluding hydrogens is 339 g/mol. The minimum Gasteiger partial charge on any atom is -0.489 e. The van der Waals surface area contributed by atoms with Crippen molar-refractivity contribution in [2.45, 2.75) is 0 Å². The van der Waals surface area contributed by atoms with Gasteiger partial charge in [0.25, 0.3) is 5.91 Å². The zero-order chi connectivity index (χ0) is 14.8. The van der Waals surface area contributed by atoms with Crippen molar-refractivity contribution in [3.63, 3.8) is 0 Å². The molecule has 0 unspecified atom stereocenters. The van der Waals surface area contributed by atoms with E-state index in [0.717, 1.165) is 5.69 Å². The fraction of sp³-hybridized carbons (Fsp3) is 0.133. The monoisotopic (exact) mass is 350 g/mol. The molecule has 108 valence electrons. The van der Waals surface area contributed by atoms with E-state index in [1.165, 1.54) is 6.07 Å². The van der Waals surface area contributed by atoms with E-state index >= 15 is 0 Å². The number of hydrogen-bond donors (Lipinski definition) is 2. The van der Waals surface area contributed by atoms with E-state index in [1.54, 1.807) is 24.3 Å². The van der Waals surface area contributed by atoms with Crippen LogP contribution in [0.5, 0.6) is 5.75 Å². The van der Waals surface area contributed by atoms with E-state index in [2.05, 4.69) is 26.6 Å². The van der Waals surface area contributed by atoms with E-state index in [0.29, 0.717) is 34.6 Å². The fourth-order valence-corrected chi connectivity index (χ4v) is 2.37. The van der Waals surface area contributed by atoms with Gasteiger partial charge >= 0.3 is 0 Å². The predicted octanol–water partition coefficient (Wildman–Crippen LogP) is 3.64. The van der Waals surface area contributed by atoms with Gasteiger partial charge in [0.15, 0.2) is 5.75 Å². The second-order valence-electron chi connectivity index (χ2n) is 4.54. The van der Waals surface area contributed by atoms with Gasteiger partial charge in [0, 0.05) is 12.2 Å². The lowest BCUT2D eigenvalue weighted by molar-refractivity contribution is 0.102. The normalized spacial score (nSPS) is 12.9. The number of halogens is 2. The molecule has 1 heterocycles. The molecule has 6 heteroatoms. The van der Waals surface area contributed by atoms with Gasteiger partial charge in [-0.15, -0.1) is 0 Å². The Balaban J connectivity index is 1.87. The lowest BCUT2D eigenvalue weighted by atomic mass is 10.1. The molecule has 2 aromatic rings. The molecule has 0 bridgehead atoms. The van der Waals surface area contributed by atoms with Gasteiger partial charge in [-0.05, 0) is 46.3 Å². The number of para-hydroxylation sites is 1. The Hall–Kier alpha value is -2.08. The lowest BCUT2D eigenvalue weighted by Crippen LogP contribution is -2.21. The van der Waals surface area contributed by atoms with Crippen LogP contribution in [-0.2, 0) is 0 Å². The van der Waals surface area contributed by atoms with Crippen LogP contribution in [0.1, 0.15) is 10.4 Å². The second kappa shape index (κ2) is 5.73. The van der Waals surface area contributed by atoms with Gasteiger partial charge in [-0.2, -0.15) is 0 Å². The van der Waals surface area contributed by atoms with E-state index in [1.807, 2.05) is 6.07 Å². The molecule has 0 aromatic heterocycles. The third kappa shape index (κ3) is 2.85. The van der Waals surface area contributed by atoms with Crippen LogP contribution >= 0.6 is 15.9 Å². The smallest absolute Gasteiger partial charge is 0.259 e. The van der Waals surface area contributed by atoms with Gasteiger partial charge in [-0.3, -0.25) is 4.79 Å². The average molecular weight is 351 g/mol. The fourth-order valence-electron chi connectivity index (χ4n) is 2.12. The topological polar surface area (TPSA) is 50.4 Å². The third-order valence-corrected chi connectivity index (χ3v) is 3.74. The van der Waals surface area contributed by atoms with E-state index in [-0.39, 0.29) is 5.91 Å². The zero-order valence-electron chi connectivity index (χ0n) is 11.0. The number of ether oxygens (including phenoxy) is 1. The van der Waals surface area contributed by atoms with Crippen molar-refractivity contribution < 1.29 is 13.9 Å². The Morgan fingerprint density at radius 3 is 3.00 bits per heavy atom. The van der Waals surface area contributed by atoms with Crippen LogP contribution in [-0.4, -0.2) is 19.1 Å². The van der Waals surface area contributed by atoms with Gasteiger partial charge in [-0.1, -0.05) is 6.07 Å². The van der Waals surface area contributed by atoms with E-state index in [9.17, 15) is 9.18 Å². The van der Waals surface area contributed by atoms with Crippen LogP contribution in [0.4, 0.5) is 15.8 Å².